The zero-order valence-corrected chi connectivity index (χ0v) is 10.2. The highest BCUT2D eigenvalue weighted by Gasteiger charge is 2.15. The maximum absolute atomic E-state index is 13.8. The number of hydrogen-bond donors (Lipinski definition) is 0. The van der Waals surface area contributed by atoms with Gasteiger partial charge in [0.05, 0.1) is 18.1 Å². The number of rotatable bonds is 4. The average Bonchev–Trinajstić information content (AvgIpc) is 2.20. The fraction of sp³-hybridized carbons (Fsp3) is 0.455. The number of hydrogen-bond acceptors (Lipinski definition) is 3. The fourth-order valence-electron chi connectivity index (χ4n) is 1.22. The highest BCUT2D eigenvalue weighted by Crippen LogP contribution is 2.35. The second-order valence-corrected chi connectivity index (χ2v) is 4.13. The normalized spacial score (nSPS) is 10.5. The van der Waals surface area contributed by atoms with Crippen molar-refractivity contribution in [2.45, 2.75) is 24.8 Å². The Balaban J connectivity index is 3.11. The van der Waals surface area contributed by atoms with Crippen LogP contribution < -0.4 is 9.47 Å². The van der Waals surface area contributed by atoms with Gasteiger partial charge in [-0.2, -0.15) is 4.39 Å². The molecule has 0 fully saturated rings. The van der Waals surface area contributed by atoms with Gasteiger partial charge in [0.2, 0.25) is 5.82 Å². The summed E-state index contributed by atoms with van der Waals surface area (Å²) in [4.78, 5) is 0.770. The van der Waals surface area contributed by atoms with Crippen molar-refractivity contribution >= 4 is 11.8 Å². The van der Waals surface area contributed by atoms with Gasteiger partial charge < -0.3 is 9.47 Å². The predicted molar refractivity (Wildman–Crippen MR) is 60.5 cm³/mol. The number of methoxy groups -OCH3 is 1. The molecule has 0 aliphatic heterocycles. The van der Waals surface area contributed by atoms with Crippen LogP contribution in [-0.2, 0) is 0 Å². The molecule has 1 rings (SSSR count). The molecular formula is C11H15FO2S. The summed E-state index contributed by atoms with van der Waals surface area (Å²) < 4.78 is 24.2. The lowest BCUT2D eigenvalue weighted by Crippen LogP contribution is -2.07. The lowest BCUT2D eigenvalue weighted by Gasteiger charge is -2.14. The van der Waals surface area contributed by atoms with Crippen LogP contribution in [0, 0.1) is 5.82 Å². The third-order valence-corrected chi connectivity index (χ3v) is 2.57. The van der Waals surface area contributed by atoms with Gasteiger partial charge >= 0.3 is 0 Å². The molecule has 0 aromatic heterocycles. The molecule has 0 amide bonds. The molecule has 0 heterocycles. The lowest BCUT2D eigenvalue weighted by molar-refractivity contribution is 0.227. The summed E-state index contributed by atoms with van der Waals surface area (Å²) in [5.41, 5.74) is 0. The fourth-order valence-corrected chi connectivity index (χ4v) is 1.78. The van der Waals surface area contributed by atoms with Gasteiger partial charge in [-0.15, -0.1) is 11.8 Å². The van der Waals surface area contributed by atoms with Crippen LogP contribution in [0.2, 0.25) is 0 Å². The molecule has 0 N–H and O–H groups in total. The van der Waals surface area contributed by atoms with Crippen molar-refractivity contribution in [1.29, 1.82) is 0 Å². The molecule has 4 heteroatoms. The molecule has 0 unspecified atom stereocenters. The van der Waals surface area contributed by atoms with E-state index in [4.69, 9.17) is 9.47 Å². The second-order valence-electron chi connectivity index (χ2n) is 3.28. The van der Waals surface area contributed by atoms with Gasteiger partial charge in [0.1, 0.15) is 0 Å². The maximum atomic E-state index is 13.8. The average molecular weight is 230 g/mol. The molecule has 0 aliphatic rings. The van der Waals surface area contributed by atoms with E-state index in [0.29, 0.717) is 0 Å². The lowest BCUT2D eigenvalue weighted by atomic mass is 10.3. The molecule has 0 aliphatic carbocycles. The summed E-state index contributed by atoms with van der Waals surface area (Å²) in [7, 11) is 1.46. The Labute approximate surface area is 93.8 Å². The van der Waals surface area contributed by atoms with Gasteiger partial charge in [-0.05, 0) is 32.2 Å². The predicted octanol–water partition coefficient (Wildman–Crippen LogP) is 3.34. The largest absolute Gasteiger partial charge is 0.492 e. The molecule has 0 radical (unpaired) electrons. The third-order valence-electron chi connectivity index (χ3n) is 1.81. The number of benzene rings is 1. The van der Waals surface area contributed by atoms with Crippen LogP contribution in [0.3, 0.4) is 0 Å². The molecule has 0 atom stereocenters. The first-order valence-electron chi connectivity index (χ1n) is 4.67. The van der Waals surface area contributed by atoms with Crippen LogP contribution in [0.5, 0.6) is 11.5 Å². The van der Waals surface area contributed by atoms with Gasteiger partial charge in [0.15, 0.2) is 11.5 Å². The van der Waals surface area contributed by atoms with E-state index in [-0.39, 0.29) is 17.6 Å². The second kappa shape index (κ2) is 5.26. The van der Waals surface area contributed by atoms with Crippen LogP contribution >= 0.6 is 11.8 Å². The molecular weight excluding hydrogens is 215 g/mol. The molecule has 2 nitrogen and oxygen atoms in total. The van der Waals surface area contributed by atoms with E-state index in [0.717, 1.165) is 4.90 Å². The SMILES string of the molecule is COc1c(SC)ccc(OC(C)C)c1F. The van der Waals surface area contributed by atoms with Crippen molar-refractivity contribution in [2.24, 2.45) is 0 Å². The molecule has 0 saturated heterocycles. The molecule has 15 heavy (non-hydrogen) atoms. The van der Waals surface area contributed by atoms with Gasteiger partial charge in [0.25, 0.3) is 0 Å². The third kappa shape index (κ3) is 2.78. The van der Waals surface area contributed by atoms with Gasteiger partial charge in [-0.1, -0.05) is 0 Å². The Kier molecular flexibility index (Phi) is 4.27. The molecule has 0 saturated carbocycles. The van der Waals surface area contributed by atoms with E-state index >= 15 is 0 Å². The van der Waals surface area contributed by atoms with Gasteiger partial charge in [-0.25, -0.2) is 0 Å². The van der Waals surface area contributed by atoms with Crippen molar-refractivity contribution in [3.8, 4) is 11.5 Å². The Bertz CT molecular complexity index is 340. The first kappa shape index (κ1) is 12.2. The molecule has 0 spiro atoms. The summed E-state index contributed by atoms with van der Waals surface area (Å²) in [6, 6.07) is 3.42. The Morgan fingerprint density at radius 1 is 1.33 bits per heavy atom. The van der Waals surface area contributed by atoms with Gasteiger partial charge in [0, 0.05) is 0 Å². The van der Waals surface area contributed by atoms with Crippen molar-refractivity contribution in [1.82, 2.24) is 0 Å². The van der Waals surface area contributed by atoms with Gasteiger partial charge in [-0.3, -0.25) is 0 Å². The smallest absolute Gasteiger partial charge is 0.207 e. The van der Waals surface area contributed by atoms with Crippen LogP contribution in [0.25, 0.3) is 0 Å². The van der Waals surface area contributed by atoms with E-state index in [1.165, 1.54) is 18.9 Å². The minimum atomic E-state index is -0.432. The number of ether oxygens (including phenoxy) is 2. The van der Waals surface area contributed by atoms with Crippen molar-refractivity contribution in [3.05, 3.63) is 17.9 Å². The Hall–Kier alpha value is -0.900. The first-order valence-corrected chi connectivity index (χ1v) is 5.89. The number of thioether (sulfide) groups is 1. The summed E-state index contributed by atoms with van der Waals surface area (Å²) in [5.74, 6) is 0.0540. The quantitative estimate of drug-likeness (QED) is 0.739. The van der Waals surface area contributed by atoms with Crippen molar-refractivity contribution < 1.29 is 13.9 Å². The molecule has 84 valence electrons. The highest BCUT2D eigenvalue weighted by atomic mass is 32.2. The minimum absolute atomic E-state index is 0.0515. The van der Waals surface area contributed by atoms with Crippen LogP contribution in [0.1, 0.15) is 13.8 Å². The van der Waals surface area contributed by atoms with E-state index in [1.54, 1.807) is 12.1 Å². The topological polar surface area (TPSA) is 18.5 Å². The summed E-state index contributed by atoms with van der Waals surface area (Å²) in [6.07, 6.45) is 1.82. The molecule has 1 aromatic carbocycles. The van der Waals surface area contributed by atoms with Crippen LogP contribution in [0.15, 0.2) is 17.0 Å². The molecule has 1 aromatic rings. The maximum Gasteiger partial charge on any atom is 0.207 e. The highest BCUT2D eigenvalue weighted by molar-refractivity contribution is 7.98. The van der Waals surface area contributed by atoms with E-state index in [1.807, 2.05) is 20.1 Å². The Morgan fingerprint density at radius 2 is 2.00 bits per heavy atom. The number of halogens is 1. The Morgan fingerprint density at radius 3 is 2.47 bits per heavy atom. The van der Waals surface area contributed by atoms with E-state index in [9.17, 15) is 4.39 Å². The summed E-state index contributed by atoms with van der Waals surface area (Å²) >= 11 is 1.44. The van der Waals surface area contributed by atoms with Crippen molar-refractivity contribution in [2.75, 3.05) is 13.4 Å². The summed E-state index contributed by atoms with van der Waals surface area (Å²) in [5, 5.41) is 0. The zero-order chi connectivity index (χ0) is 11.4. The van der Waals surface area contributed by atoms with E-state index < -0.39 is 5.82 Å². The minimum Gasteiger partial charge on any atom is -0.492 e. The molecule has 0 bridgehead atoms. The van der Waals surface area contributed by atoms with Crippen molar-refractivity contribution in [3.63, 3.8) is 0 Å². The first-order chi connectivity index (χ1) is 7.10. The van der Waals surface area contributed by atoms with Crippen LogP contribution in [0.4, 0.5) is 4.39 Å². The van der Waals surface area contributed by atoms with Crippen LogP contribution in [-0.4, -0.2) is 19.5 Å². The summed E-state index contributed by atoms with van der Waals surface area (Å²) in [6.45, 7) is 3.71. The standard InChI is InChI=1S/C11H15FO2S/c1-7(2)14-8-5-6-9(15-4)11(13-3)10(8)12/h5-7H,1-4H3. The van der Waals surface area contributed by atoms with E-state index in [2.05, 4.69) is 0 Å². The monoisotopic (exact) mass is 230 g/mol. The zero-order valence-electron chi connectivity index (χ0n) is 9.33.